The molecule has 0 aliphatic carbocycles. The first-order valence-corrected chi connectivity index (χ1v) is 6.09. The van der Waals surface area contributed by atoms with Crippen LogP contribution in [0.4, 0.5) is 5.69 Å². The molecule has 5 nitrogen and oxygen atoms in total. The summed E-state index contributed by atoms with van der Waals surface area (Å²) in [4.78, 5) is 4.35. The number of imidazole rings is 1. The van der Waals surface area contributed by atoms with Crippen LogP contribution in [0, 0.1) is 0 Å². The molecular formula is C12H19N5. The van der Waals surface area contributed by atoms with Gasteiger partial charge in [0.15, 0.2) is 0 Å². The summed E-state index contributed by atoms with van der Waals surface area (Å²) >= 11 is 0. The molecule has 0 aliphatic rings. The Morgan fingerprint density at radius 1 is 1.35 bits per heavy atom. The summed E-state index contributed by atoms with van der Waals surface area (Å²) in [6.45, 7) is 6.90. The molecule has 2 aromatic rings. The van der Waals surface area contributed by atoms with Crippen molar-refractivity contribution in [3.63, 3.8) is 0 Å². The summed E-state index contributed by atoms with van der Waals surface area (Å²) in [5.74, 6) is 1.07. The van der Waals surface area contributed by atoms with Crippen LogP contribution in [0.5, 0.6) is 0 Å². The van der Waals surface area contributed by atoms with Gasteiger partial charge in [0, 0.05) is 31.7 Å². The summed E-state index contributed by atoms with van der Waals surface area (Å²) in [6.07, 6.45) is 8.85. The van der Waals surface area contributed by atoms with Crippen LogP contribution >= 0.6 is 0 Å². The predicted molar refractivity (Wildman–Crippen MR) is 67.7 cm³/mol. The number of anilines is 1. The molecule has 92 valence electrons. The Labute approximate surface area is 101 Å². The van der Waals surface area contributed by atoms with Gasteiger partial charge in [-0.15, -0.1) is 0 Å². The summed E-state index contributed by atoms with van der Waals surface area (Å²) in [5.41, 5.74) is 1.04. The number of aryl methyl sites for hydroxylation is 2. The number of hydrogen-bond donors (Lipinski definition) is 1. The molecule has 0 unspecified atom stereocenters. The molecule has 0 saturated carbocycles. The number of nitrogens with zero attached hydrogens (tertiary/aromatic N) is 4. The number of hydrogen-bond acceptors (Lipinski definition) is 3. The lowest BCUT2D eigenvalue weighted by Crippen LogP contribution is -2.08. The molecule has 0 saturated heterocycles. The number of nitrogens with one attached hydrogen (secondary N) is 1. The van der Waals surface area contributed by atoms with E-state index < -0.39 is 0 Å². The smallest absolute Gasteiger partial charge is 0.128 e. The van der Waals surface area contributed by atoms with Gasteiger partial charge < -0.3 is 9.88 Å². The van der Waals surface area contributed by atoms with Gasteiger partial charge in [-0.2, -0.15) is 5.10 Å². The molecular weight excluding hydrogens is 214 g/mol. The van der Waals surface area contributed by atoms with E-state index in [1.54, 1.807) is 0 Å². The fourth-order valence-electron chi connectivity index (χ4n) is 1.76. The molecule has 0 spiro atoms. The van der Waals surface area contributed by atoms with E-state index in [4.69, 9.17) is 0 Å². The Kier molecular flexibility index (Phi) is 3.80. The largest absolute Gasteiger partial charge is 0.375 e. The SMILES string of the molecule is CCCn1ccnc1CNc1cnn(CC)c1. The highest BCUT2D eigenvalue weighted by Crippen LogP contribution is 2.07. The van der Waals surface area contributed by atoms with E-state index in [2.05, 4.69) is 33.8 Å². The molecule has 17 heavy (non-hydrogen) atoms. The van der Waals surface area contributed by atoms with E-state index in [1.807, 2.05) is 29.5 Å². The van der Waals surface area contributed by atoms with Gasteiger partial charge in [0.05, 0.1) is 18.4 Å². The molecule has 0 atom stereocenters. The fourth-order valence-corrected chi connectivity index (χ4v) is 1.76. The van der Waals surface area contributed by atoms with Crippen LogP contribution in [0.3, 0.4) is 0 Å². The molecule has 5 heteroatoms. The molecule has 2 heterocycles. The Morgan fingerprint density at radius 2 is 2.24 bits per heavy atom. The quantitative estimate of drug-likeness (QED) is 0.831. The second-order valence-corrected chi connectivity index (χ2v) is 3.98. The average Bonchev–Trinajstić information content (AvgIpc) is 2.95. The minimum absolute atomic E-state index is 0.738. The topological polar surface area (TPSA) is 47.7 Å². The van der Waals surface area contributed by atoms with Gasteiger partial charge in [-0.3, -0.25) is 4.68 Å². The van der Waals surface area contributed by atoms with Gasteiger partial charge >= 0.3 is 0 Å². The average molecular weight is 233 g/mol. The minimum Gasteiger partial charge on any atom is -0.375 e. The monoisotopic (exact) mass is 233 g/mol. The van der Waals surface area contributed by atoms with Gasteiger partial charge in [-0.25, -0.2) is 4.98 Å². The summed E-state index contributed by atoms with van der Waals surface area (Å²) in [5, 5.41) is 7.55. The summed E-state index contributed by atoms with van der Waals surface area (Å²) in [6, 6.07) is 0. The molecule has 2 aromatic heterocycles. The number of aromatic nitrogens is 4. The molecule has 0 aromatic carbocycles. The molecule has 0 bridgehead atoms. The van der Waals surface area contributed by atoms with Crippen molar-refractivity contribution in [2.75, 3.05) is 5.32 Å². The highest BCUT2D eigenvalue weighted by molar-refractivity contribution is 5.38. The third-order valence-corrected chi connectivity index (χ3v) is 2.67. The van der Waals surface area contributed by atoms with Crippen molar-refractivity contribution in [2.45, 2.75) is 39.9 Å². The zero-order valence-corrected chi connectivity index (χ0v) is 10.4. The lowest BCUT2D eigenvalue weighted by atomic mass is 10.4. The second-order valence-electron chi connectivity index (χ2n) is 3.98. The van der Waals surface area contributed by atoms with Crippen LogP contribution in [0.1, 0.15) is 26.1 Å². The Bertz CT molecular complexity index is 457. The zero-order valence-electron chi connectivity index (χ0n) is 10.4. The van der Waals surface area contributed by atoms with Crippen molar-refractivity contribution in [3.8, 4) is 0 Å². The van der Waals surface area contributed by atoms with Crippen molar-refractivity contribution < 1.29 is 0 Å². The lowest BCUT2D eigenvalue weighted by Gasteiger charge is -2.06. The van der Waals surface area contributed by atoms with Crippen molar-refractivity contribution in [1.82, 2.24) is 19.3 Å². The Hall–Kier alpha value is -1.78. The molecule has 0 amide bonds. The molecule has 0 radical (unpaired) electrons. The zero-order chi connectivity index (χ0) is 12.1. The van der Waals surface area contributed by atoms with E-state index >= 15 is 0 Å². The van der Waals surface area contributed by atoms with Crippen molar-refractivity contribution in [2.24, 2.45) is 0 Å². The highest BCUT2D eigenvalue weighted by Gasteiger charge is 2.02. The standard InChI is InChI=1S/C12H19N5/c1-3-6-16-7-5-13-12(16)9-14-11-8-15-17(4-2)10-11/h5,7-8,10,14H,3-4,6,9H2,1-2H3. The minimum atomic E-state index is 0.738. The van der Waals surface area contributed by atoms with Crippen molar-refractivity contribution >= 4 is 5.69 Å². The summed E-state index contributed by atoms with van der Waals surface area (Å²) in [7, 11) is 0. The van der Waals surface area contributed by atoms with Crippen LogP contribution in [-0.2, 0) is 19.6 Å². The van der Waals surface area contributed by atoms with E-state index in [0.29, 0.717) is 0 Å². The van der Waals surface area contributed by atoms with Gasteiger partial charge in [0.1, 0.15) is 5.82 Å². The number of rotatable bonds is 6. The normalized spacial score (nSPS) is 10.7. The van der Waals surface area contributed by atoms with Crippen LogP contribution < -0.4 is 5.32 Å². The molecule has 1 N–H and O–H groups in total. The van der Waals surface area contributed by atoms with Gasteiger partial charge in [0.2, 0.25) is 0 Å². The first kappa shape index (κ1) is 11.7. The fraction of sp³-hybridized carbons (Fsp3) is 0.500. The summed E-state index contributed by atoms with van der Waals surface area (Å²) < 4.78 is 4.08. The first-order valence-electron chi connectivity index (χ1n) is 6.09. The maximum Gasteiger partial charge on any atom is 0.128 e. The predicted octanol–water partition coefficient (Wildman–Crippen LogP) is 2.12. The molecule has 2 rings (SSSR count). The van der Waals surface area contributed by atoms with Gasteiger partial charge in [0.25, 0.3) is 0 Å². The maximum absolute atomic E-state index is 4.35. The third kappa shape index (κ3) is 2.87. The van der Waals surface area contributed by atoms with Crippen LogP contribution in [0.2, 0.25) is 0 Å². The van der Waals surface area contributed by atoms with Gasteiger partial charge in [-0.1, -0.05) is 6.92 Å². The lowest BCUT2D eigenvalue weighted by molar-refractivity contribution is 0.644. The second kappa shape index (κ2) is 5.52. The van der Waals surface area contributed by atoms with Crippen LogP contribution in [0.15, 0.2) is 24.8 Å². The van der Waals surface area contributed by atoms with E-state index in [9.17, 15) is 0 Å². The van der Waals surface area contributed by atoms with E-state index in [0.717, 1.165) is 37.6 Å². The van der Waals surface area contributed by atoms with Crippen molar-refractivity contribution in [1.29, 1.82) is 0 Å². The molecule has 0 fully saturated rings. The first-order chi connectivity index (χ1) is 8.33. The van der Waals surface area contributed by atoms with E-state index in [-0.39, 0.29) is 0 Å². The van der Waals surface area contributed by atoms with E-state index in [1.165, 1.54) is 0 Å². The Balaban J connectivity index is 1.94. The maximum atomic E-state index is 4.35. The highest BCUT2D eigenvalue weighted by atomic mass is 15.3. The van der Waals surface area contributed by atoms with Crippen LogP contribution in [-0.4, -0.2) is 19.3 Å². The van der Waals surface area contributed by atoms with Crippen molar-refractivity contribution in [3.05, 3.63) is 30.6 Å². The Morgan fingerprint density at radius 3 is 2.94 bits per heavy atom. The third-order valence-electron chi connectivity index (χ3n) is 2.67. The molecule has 0 aliphatic heterocycles. The van der Waals surface area contributed by atoms with Gasteiger partial charge in [-0.05, 0) is 13.3 Å². The van der Waals surface area contributed by atoms with Crippen LogP contribution in [0.25, 0.3) is 0 Å².